The average Bonchev–Trinajstić information content (AvgIpc) is 3.35. The molecule has 1 aliphatic rings. The molecule has 1 aromatic heterocycles. The van der Waals surface area contributed by atoms with Gasteiger partial charge in [-0.25, -0.2) is 4.79 Å². The van der Waals surface area contributed by atoms with E-state index in [-0.39, 0.29) is 18.3 Å². The van der Waals surface area contributed by atoms with E-state index in [4.69, 9.17) is 13.9 Å². The van der Waals surface area contributed by atoms with Crippen LogP contribution in [0.15, 0.2) is 125 Å². The van der Waals surface area contributed by atoms with Crippen molar-refractivity contribution in [3.63, 3.8) is 0 Å². The maximum atomic E-state index is 12.9. The Labute approximate surface area is 274 Å². The first-order chi connectivity index (χ1) is 22.6. The lowest BCUT2D eigenvalue weighted by Crippen LogP contribution is -2.68. The first-order valence-electron chi connectivity index (χ1n) is 15.7. The van der Waals surface area contributed by atoms with Crippen LogP contribution in [-0.4, -0.2) is 59.1 Å². The second-order valence-corrected chi connectivity index (χ2v) is 17.4. The molecule has 0 unspecified atom stereocenters. The Morgan fingerprint density at radius 2 is 1.49 bits per heavy atom. The van der Waals surface area contributed by atoms with Gasteiger partial charge in [-0.05, 0) is 31.7 Å². The van der Waals surface area contributed by atoms with Crippen molar-refractivity contribution < 1.29 is 24.1 Å². The van der Waals surface area contributed by atoms with Crippen molar-refractivity contribution in [2.45, 2.75) is 56.5 Å². The fraction of sp³-hybridized carbons (Fsp3) is 0.297. The molecule has 1 aliphatic heterocycles. The van der Waals surface area contributed by atoms with E-state index in [2.05, 4.69) is 50.0 Å². The number of nitrogens with zero attached hydrogens (tertiary/aromatic N) is 1. The molecule has 0 bridgehead atoms. The molecule has 1 saturated heterocycles. The van der Waals surface area contributed by atoms with Crippen LogP contribution in [0.2, 0.25) is 5.04 Å². The van der Waals surface area contributed by atoms with Gasteiger partial charge >= 0.3 is 5.69 Å². The fourth-order valence-electron chi connectivity index (χ4n) is 6.82. The largest absolute Gasteiger partial charge is 0.404 e. The molecule has 9 nitrogen and oxygen atoms in total. The normalized spacial score (nSPS) is 21.7. The monoisotopic (exact) mass is 652 g/mol. The van der Waals surface area contributed by atoms with E-state index in [1.165, 1.54) is 12.3 Å². The summed E-state index contributed by atoms with van der Waals surface area (Å²) in [5.41, 5.74) is -2.03. The number of aliphatic hydroxyl groups is 2. The number of aromatic nitrogens is 2. The maximum Gasteiger partial charge on any atom is 0.330 e. The third-order valence-corrected chi connectivity index (χ3v) is 14.1. The zero-order valence-corrected chi connectivity index (χ0v) is 27.7. The van der Waals surface area contributed by atoms with Gasteiger partial charge in [0.05, 0.1) is 19.8 Å². The predicted octanol–water partition coefficient (Wildman–Crippen LogP) is 3.47. The van der Waals surface area contributed by atoms with Gasteiger partial charge < -0.3 is 24.1 Å². The minimum absolute atomic E-state index is 0.0979. The van der Waals surface area contributed by atoms with Crippen molar-refractivity contribution in [1.82, 2.24) is 9.55 Å². The number of nitrogens with one attached hydrogen (secondary N) is 1. The quantitative estimate of drug-likeness (QED) is 0.198. The van der Waals surface area contributed by atoms with E-state index in [0.29, 0.717) is 0 Å². The number of rotatable bonds is 10. The van der Waals surface area contributed by atoms with Crippen LogP contribution in [0.4, 0.5) is 0 Å². The summed E-state index contributed by atoms with van der Waals surface area (Å²) in [6, 6.07) is 35.2. The highest BCUT2D eigenvalue weighted by Gasteiger charge is 2.59. The number of hydrogen-bond acceptors (Lipinski definition) is 7. The number of benzene rings is 4. The van der Waals surface area contributed by atoms with E-state index < -0.39 is 50.2 Å². The fourth-order valence-corrected chi connectivity index (χ4v) is 11.4. The topological polar surface area (TPSA) is 123 Å². The Morgan fingerprint density at radius 3 is 2.11 bits per heavy atom. The Hall–Kier alpha value is -4.16. The van der Waals surface area contributed by atoms with Crippen LogP contribution in [0, 0.1) is 0 Å². The minimum Gasteiger partial charge on any atom is -0.404 e. The third-order valence-electron chi connectivity index (χ3n) is 9.12. The molecular weight excluding hydrogens is 613 g/mol. The molecule has 6 rings (SSSR count). The molecular formula is C37H40N2O7Si. The van der Waals surface area contributed by atoms with Crippen molar-refractivity contribution in [2.75, 3.05) is 13.2 Å². The lowest BCUT2D eigenvalue weighted by Gasteiger charge is -2.45. The maximum absolute atomic E-state index is 12.9. The first-order valence-corrected chi connectivity index (χ1v) is 17.6. The smallest absolute Gasteiger partial charge is 0.330 e. The van der Waals surface area contributed by atoms with Crippen LogP contribution < -0.4 is 21.6 Å². The van der Waals surface area contributed by atoms with Crippen LogP contribution >= 0.6 is 0 Å². The molecule has 4 aromatic carbocycles. The number of H-pyrrole nitrogens is 1. The number of ether oxygens (including phenoxy) is 2. The standard InChI is InChI=1S/C37H40N2O7Si/c1-36(2,3)47(28-16-6-4-7-17-28,29-18-8-5-9-19-29)45-25-37(24-40)33(32(42)34(46-37)39-22-21-31(41)38-35(39)43)44-23-27-15-12-14-26-13-10-11-20-30(26)27/h4-22,32-34,40,42H,23-25H2,1-3H3,(H,38,41,43)/t32-,33+,34-,37-/m1/s1. The van der Waals surface area contributed by atoms with Crippen molar-refractivity contribution in [3.8, 4) is 0 Å². The highest BCUT2D eigenvalue weighted by atomic mass is 28.4. The van der Waals surface area contributed by atoms with Crippen LogP contribution in [0.1, 0.15) is 32.6 Å². The zero-order valence-electron chi connectivity index (χ0n) is 26.7. The van der Waals surface area contributed by atoms with Gasteiger partial charge in [-0.1, -0.05) is 124 Å². The molecule has 0 aliphatic carbocycles. The minimum atomic E-state index is -3.12. The summed E-state index contributed by atoms with van der Waals surface area (Å²) in [5, 5.41) is 26.7. The molecule has 3 N–H and O–H groups in total. The number of aliphatic hydroxyl groups excluding tert-OH is 2. The highest BCUT2D eigenvalue weighted by molar-refractivity contribution is 6.99. The summed E-state index contributed by atoms with van der Waals surface area (Å²) in [4.78, 5) is 27.0. The van der Waals surface area contributed by atoms with Gasteiger partial charge in [0, 0.05) is 12.3 Å². The van der Waals surface area contributed by atoms with Crippen molar-refractivity contribution in [1.29, 1.82) is 0 Å². The molecule has 0 saturated carbocycles. The molecule has 1 fully saturated rings. The number of aromatic amines is 1. The summed E-state index contributed by atoms with van der Waals surface area (Å²) in [7, 11) is -3.12. The van der Waals surface area contributed by atoms with Crippen LogP contribution in [0.25, 0.3) is 10.8 Å². The summed E-state index contributed by atoms with van der Waals surface area (Å²) < 4.78 is 21.3. The lowest BCUT2D eigenvalue weighted by molar-refractivity contribution is -0.161. The molecule has 244 valence electrons. The molecule has 47 heavy (non-hydrogen) atoms. The molecule has 0 spiro atoms. The summed E-state index contributed by atoms with van der Waals surface area (Å²) in [5.74, 6) is 0. The second kappa shape index (κ2) is 13.2. The van der Waals surface area contributed by atoms with Gasteiger partial charge in [-0.3, -0.25) is 14.3 Å². The Balaban J connectivity index is 1.43. The van der Waals surface area contributed by atoms with Gasteiger partial charge in [-0.2, -0.15) is 0 Å². The Morgan fingerprint density at radius 1 is 0.872 bits per heavy atom. The average molecular weight is 653 g/mol. The van der Waals surface area contributed by atoms with Gasteiger partial charge in [0.25, 0.3) is 13.9 Å². The highest BCUT2D eigenvalue weighted by Crippen LogP contribution is 2.42. The molecule has 10 heteroatoms. The third kappa shape index (κ3) is 6.04. The van der Waals surface area contributed by atoms with Gasteiger partial charge in [-0.15, -0.1) is 0 Å². The molecule has 2 heterocycles. The van der Waals surface area contributed by atoms with E-state index >= 15 is 0 Å². The lowest BCUT2D eigenvalue weighted by atomic mass is 9.96. The van der Waals surface area contributed by atoms with E-state index in [1.807, 2.05) is 78.9 Å². The number of hydrogen-bond donors (Lipinski definition) is 3. The first kappa shape index (κ1) is 32.8. The SMILES string of the molecule is CC(C)(C)[Si](OC[C@@]1(CO)O[C@@H](n2ccc(=O)[nH]c2=O)[C@H](O)[C@@H]1OCc1cccc2ccccc12)(c1ccccc1)c1ccccc1. The molecule has 0 amide bonds. The van der Waals surface area contributed by atoms with Crippen LogP contribution in [0.3, 0.4) is 0 Å². The molecule has 5 aromatic rings. The number of fused-ring (bicyclic) bond motifs is 1. The van der Waals surface area contributed by atoms with Crippen LogP contribution in [0.5, 0.6) is 0 Å². The zero-order chi connectivity index (χ0) is 33.2. The van der Waals surface area contributed by atoms with Crippen molar-refractivity contribution in [2.24, 2.45) is 0 Å². The van der Waals surface area contributed by atoms with Gasteiger partial charge in [0.2, 0.25) is 0 Å². The summed E-state index contributed by atoms with van der Waals surface area (Å²) in [6.07, 6.45) is -2.52. The Kier molecular flexibility index (Phi) is 9.17. The van der Waals surface area contributed by atoms with Crippen LogP contribution in [-0.2, 0) is 20.5 Å². The van der Waals surface area contributed by atoms with Gasteiger partial charge in [0.15, 0.2) is 6.23 Å². The van der Waals surface area contributed by atoms with E-state index in [9.17, 15) is 19.8 Å². The molecule has 4 atom stereocenters. The summed E-state index contributed by atoms with van der Waals surface area (Å²) >= 11 is 0. The van der Waals surface area contributed by atoms with Gasteiger partial charge in [0.1, 0.15) is 17.8 Å². The van der Waals surface area contributed by atoms with Crippen molar-refractivity contribution in [3.05, 3.63) is 142 Å². The van der Waals surface area contributed by atoms with E-state index in [0.717, 1.165) is 31.3 Å². The van der Waals surface area contributed by atoms with E-state index in [1.54, 1.807) is 0 Å². The molecule has 0 radical (unpaired) electrons. The Bertz CT molecular complexity index is 1900. The van der Waals surface area contributed by atoms with Crippen molar-refractivity contribution >= 4 is 29.5 Å². The summed E-state index contributed by atoms with van der Waals surface area (Å²) in [6.45, 7) is 5.81. The second-order valence-electron chi connectivity index (χ2n) is 13.1. The predicted molar refractivity (Wildman–Crippen MR) is 183 cm³/mol.